The fourth-order valence-electron chi connectivity index (χ4n) is 2.83. The average molecular weight is 445 g/mol. The predicted octanol–water partition coefficient (Wildman–Crippen LogP) is 3.68. The van der Waals surface area contributed by atoms with Gasteiger partial charge in [-0.2, -0.15) is 4.39 Å². The van der Waals surface area contributed by atoms with E-state index in [2.05, 4.69) is 15.5 Å². The van der Waals surface area contributed by atoms with E-state index in [4.69, 9.17) is 4.74 Å². The highest BCUT2D eigenvalue weighted by Crippen LogP contribution is 2.25. The Bertz CT molecular complexity index is 1100. The number of halogens is 1. The molecule has 1 amide bonds. The summed E-state index contributed by atoms with van der Waals surface area (Å²) in [6.07, 6.45) is 0. The van der Waals surface area contributed by atoms with Crippen LogP contribution in [-0.2, 0) is 16.1 Å². The van der Waals surface area contributed by atoms with Crippen molar-refractivity contribution in [2.45, 2.75) is 18.6 Å². The number of carbonyl (C=O) groups is 1. The van der Waals surface area contributed by atoms with Crippen LogP contribution in [0.5, 0.6) is 0 Å². The standard InChI is InChI=1S/C20H20FN5O4S/c1-13-4-3-5-14(10-13)19-23-24-20(25(19)8-9-30-2)31-12-18(27)22-15-6-7-16(21)17(11-15)26(28)29/h3-7,10-11H,8-9,12H2,1-2H3,(H,22,27). The molecule has 0 bridgehead atoms. The maximum Gasteiger partial charge on any atom is 0.306 e. The Morgan fingerprint density at radius 3 is 2.81 bits per heavy atom. The van der Waals surface area contributed by atoms with E-state index < -0.39 is 22.3 Å². The Labute approximate surface area is 181 Å². The van der Waals surface area contributed by atoms with Crippen LogP contribution in [0.25, 0.3) is 11.4 Å². The number of anilines is 1. The van der Waals surface area contributed by atoms with Gasteiger partial charge in [-0.3, -0.25) is 19.5 Å². The van der Waals surface area contributed by atoms with Crippen molar-refractivity contribution < 1.29 is 18.8 Å². The molecular weight excluding hydrogens is 425 g/mol. The number of nitro groups is 1. The van der Waals surface area contributed by atoms with Gasteiger partial charge in [0.2, 0.25) is 11.7 Å². The van der Waals surface area contributed by atoms with Gasteiger partial charge in [0.25, 0.3) is 0 Å². The van der Waals surface area contributed by atoms with Crippen LogP contribution in [0, 0.1) is 22.9 Å². The number of methoxy groups -OCH3 is 1. The lowest BCUT2D eigenvalue weighted by Gasteiger charge is -2.10. The maximum absolute atomic E-state index is 13.5. The van der Waals surface area contributed by atoms with Crippen LogP contribution >= 0.6 is 11.8 Å². The van der Waals surface area contributed by atoms with Crippen LogP contribution in [0.2, 0.25) is 0 Å². The lowest BCUT2D eigenvalue weighted by atomic mass is 10.1. The third kappa shape index (κ3) is 5.64. The second-order valence-electron chi connectivity index (χ2n) is 6.58. The van der Waals surface area contributed by atoms with Gasteiger partial charge in [0.05, 0.1) is 23.8 Å². The number of carbonyl (C=O) groups excluding carboxylic acids is 1. The lowest BCUT2D eigenvalue weighted by molar-refractivity contribution is -0.387. The van der Waals surface area contributed by atoms with Gasteiger partial charge in [0, 0.05) is 24.4 Å². The van der Waals surface area contributed by atoms with E-state index in [9.17, 15) is 19.3 Å². The maximum atomic E-state index is 13.5. The number of aryl methyl sites for hydroxylation is 1. The fourth-order valence-corrected chi connectivity index (χ4v) is 3.60. The number of benzene rings is 2. The first kappa shape index (κ1) is 22.4. The molecule has 0 aliphatic heterocycles. The molecular formula is C20H20FN5O4S. The number of hydrogen-bond acceptors (Lipinski definition) is 7. The first-order chi connectivity index (χ1) is 14.9. The number of amides is 1. The Morgan fingerprint density at radius 1 is 1.29 bits per heavy atom. The molecule has 0 fully saturated rings. The minimum absolute atomic E-state index is 0.00981. The van der Waals surface area contributed by atoms with Crippen LogP contribution in [0.3, 0.4) is 0 Å². The molecule has 162 valence electrons. The summed E-state index contributed by atoms with van der Waals surface area (Å²) in [5.41, 5.74) is 1.42. The Balaban J connectivity index is 1.73. The molecule has 0 spiro atoms. The lowest BCUT2D eigenvalue weighted by Crippen LogP contribution is -2.15. The quantitative estimate of drug-likeness (QED) is 0.304. The van der Waals surface area contributed by atoms with Crippen molar-refractivity contribution in [1.29, 1.82) is 0 Å². The smallest absolute Gasteiger partial charge is 0.306 e. The van der Waals surface area contributed by atoms with Crippen molar-refractivity contribution in [2.75, 3.05) is 24.8 Å². The molecule has 1 aromatic heterocycles. The van der Waals surface area contributed by atoms with Crippen LogP contribution in [0.4, 0.5) is 15.8 Å². The van der Waals surface area contributed by atoms with Crippen LogP contribution < -0.4 is 5.32 Å². The average Bonchev–Trinajstić information content (AvgIpc) is 3.14. The molecule has 1 N–H and O–H groups in total. The van der Waals surface area contributed by atoms with E-state index in [1.165, 1.54) is 17.8 Å². The van der Waals surface area contributed by atoms with Crippen molar-refractivity contribution in [3.8, 4) is 11.4 Å². The van der Waals surface area contributed by atoms with Gasteiger partial charge >= 0.3 is 5.69 Å². The molecule has 3 aromatic rings. The monoisotopic (exact) mass is 445 g/mol. The molecule has 0 atom stereocenters. The van der Waals surface area contributed by atoms with Gasteiger partial charge in [-0.1, -0.05) is 35.5 Å². The highest BCUT2D eigenvalue weighted by Gasteiger charge is 2.18. The van der Waals surface area contributed by atoms with E-state index in [1.54, 1.807) is 7.11 Å². The van der Waals surface area contributed by atoms with Crippen molar-refractivity contribution in [3.63, 3.8) is 0 Å². The van der Waals surface area contributed by atoms with E-state index >= 15 is 0 Å². The minimum Gasteiger partial charge on any atom is -0.383 e. The van der Waals surface area contributed by atoms with Gasteiger partial charge in [-0.15, -0.1) is 10.2 Å². The zero-order chi connectivity index (χ0) is 22.4. The van der Waals surface area contributed by atoms with Gasteiger partial charge in [0.1, 0.15) is 0 Å². The van der Waals surface area contributed by atoms with Gasteiger partial charge in [0.15, 0.2) is 11.0 Å². The van der Waals surface area contributed by atoms with Gasteiger partial charge in [-0.25, -0.2) is 0 Å². The number of aromatic nitrogens is 3. The molecule has 31 heavy (non-hydrogen) atoms. The number of ether oxygens (including phenoxy) is 1. The number of nitro benzene ring substituents is 1. The first-order valence-electron chi connectivity index (χ1n) is 9.25. The molecule has 0 saturated heterocycles. The number of rotatable bonds is 9. The highest BCUT2D eigenvalue weighted by molar-refractivity contribution is 7.99. The molecule has 1 heterocycles. The third-order valence-corrected chi connectivity index (χ3v) is 5.24. The van der Waals surface area contributed by atoms with Crippen molar-refractivity contribution in [1.82, 2.24) is 14.8 Å². The molecule has 0 unspecified atom stereocenters. The zero-order valence-electron chi connectivity index (χ0n) is 16.9. The summed E-state index contributed by atoms with van der Waals surface area (Å²) in [6, 6.07) is 11.0. The number of nitrogens with zero attached hydrogens (tertiary/aromatic N) is 4. The summed E-state index contributed by atoms with van der Waals surface area (Å²) >= 11 is 1.17. The van der Waals surface area contributed by atoms with Gasteiger partial charge in [-0.05, 0) is 25.1 Å². The van der Waals surface area contributed by atoms with Gasteiger partial charge < -0.3 is 10.1 Å². The number of nitrogens with one attached hydrogen (secondary N) is 1. The molecule has 2 aromatic carbocycles. The minimum atomic E-state index is -0.965. The van der Waals surface area contributed by atoms with E-state index in [0.717, 1.165) is 23.3 Å². The largest absolute Gasteiger partial charge is 0.383 e. The van der Waals surface area contributed by atoms with E-state index in [-0.39, 0.29) is 11.4 Å². The Morgan fingerprint density at radius 2 is 2.10 bits per heavy atom. The zero-order valence-corrected chi connectivity index (χ0v) is 17.7. The van der Waals surface area contributed by atoms with E-state index in [1.807, 2.05) is 35.8 Å². The molecule has 9 nitrogen and oxygen atoms in total. The molecule has 11 heteroatoms. The predicted molar refractivity (Wildman–Crippen MR) is 114 cm³/mol. The molecule has 3 rings (SSSR count). The SMILES string of the molecule is COCCn1c(SCC(=O)Nc2ccc(F)c([N+](=O)[O-])c2)nnc1-c1cccc(C)c1. The molecule has 0 saturated carbocycles. The van der Waals surface area contributed by atoms with Crippen molar-refractivity contribution >= 4 is 29.0 Å². The normalized spacial score (nSPS) is 10.8. The summed E-state index contributed by atoms with van der Waals surface area (Å²) < 4.78 is 20.5. The second-order valence-corrected chi connectivity index (χ2v) is 7.52. The Kier molecular flexibility index (Phi) is 7.32. The Hall–Kier alpha value is -3.31. The third-order valence-electron chi connectivity index (χ3n) is 4.27. The van der Waals surface area contributed by atoms with Crippen molar-refractivity contribution in [2.24, 2.45) is 0 Å². The summed E-state index contributed by atoms with van der Waals surface area (Å²) in [7, 11) is 1.60. The summed E-state index contributed by atoms with van der Waals surface area (Å²) in [5, 5.41) is 22.4. The van der Waals surface area contributed by atoms with Crippen LogP contribution in [0.1, 0.15) is 5.56 Å². The second kappa shape index (κ2) is 10.1. The molecule has 0 aliphatic carbocycles. The summed E-state index contributed by atoms with van der Waals surface area (Å²) in [4.78, 5) is 22.3. The first-order valence-corrected chi connectivity index (χ1v) is 10.2. The van der Waals surface area contributed by atoms with Crippen LogP contribution in [0.15, 0.2) is 47.6 Å². The fraction of sp³-hybridized carbons (Fsp3) is 0.250. The highest BCUT2D eigenvalue weighted by atomic mass is 32.2. The summed E-state index contributed by atoms with van der Waals surface area (Å²) in [5.74, 6) is -0.723. The number of hydrogen-bond donors (Lipinski definition) is 1. The topological polar surface area (TPSA) is 112 Å². The summed E-state index contributed by atoms with van der Waals surface area (Å²) in [6.45, 7) is 2.93. The molecule has 0 radical (unpaired) electrons. The molecule has 0 aliphatic rings. The van der Waals surface area contributed by atoms with Crippen molar-refractivity contribution in [3.05, 3.63) is 64.0 Å². The van der Waals surface area contributed by atoms with E-state index in [0.29, 0.717) is 24.1 Å². The number of thioether (sulfide) groups is 1. The van der Waals surface area contributed by atoms with Crippen LogP contribution in [-0.4, -0.2) is 45.1 Å².